The van der Waals surface area contributed by atoms with Gasteiger partial charge >= 0.3 is 0 Å². The lowest BCUT2D eigenvalue weighted by Gasteiger charge is -2.42. The van der Waals surface area contributed by atoms with Gasteiger partial charge in [0, 0.05) is 89.8 Å². The van der Waals surface area contributed by atoms with E-state index >= 15 is 0 Å². The number of amides is 4. The maximum Gasteiger partial charge on any atom is 0.224 e. The first-order valence-corrected chi connectivity index (χ1v) is 38.3. The van der Waals surface area contributed by atoms with Crippen LogP contribution in [0.4, 0.5) is 5.69 Å². The zero-order valence-corrected chi connectivity index (χ0v) is 64.3. The van der Waals surface area contributed by atoms with Crippen LogP contribution in [0.25, 0.3) is 0 Å². The molecule has 0 saturated carbocycles. The van der Waals surface area contributed by atoms with E-state index in [4.69, 9.17) is 63.1 Å². The Balaban J connectivity index is 0.000000882. The molecule has 3 heterocycles. The molecular weight excluding hydrogens is 1420 g/mol. The molecule has 33 heteroatoms. The fraction of sp³-hybridized carbons (Fsp3) is 0.813. The minimum atomic E-state index is -1.39. The molecule has 0 aliphatic carbocycles. The van der Waals surface area contributed by atoms with Gasteiger partial charge in [0.25, 0.3) is 0 Å². The van der Waals surface area contributed by atoms with Gasteiger partial charge in [0.05, 0.1) is 92.5 Å². The number of ether oxygens (including phenoxy) is 9. The van der Waals surface area contributed by atoms with Crippen LogP contribution in [-0.4, -0.2) is 292 Å². The summed E-state index contributed by atoms with van der Waals surface area (Å²) in [5.74, 6) is -0.653. The van der Waals surface area contributed by atoms with Gasteiger partial charge in [-0.3, -0.25) is 38.4 Å². The molecule has 15 atom stereocenters. The number of rotatable bonds is 55. The molecule has 0 spiro atoms. The molecule has 0 radical (unpaired) electrons. The van der Waals surface area contributed by atoms with E-state index in [1.54, 1.807) is 6.07 Å². The minimum absolute atomic E-state index is 0.0446. The van der Waals surface area contributed by atoms with Gasteiger partial charge in [0.2, 0.25) is 23.6 Å². The fourth-order valence-corrected chi connectivity index (χ4v) is 12.8. The SMILES string of the molecule is CC(=O)NC1C(OCCO)OC(CO)C(O)C1O.CC(=O)NC1C(OCCO)OC(CO)C(O)C1O.CCCC(=O)CCCC(CCCC(=O)CCC)(CCCC(=O)CCCOCCOCCOCCOC1OC(CO)C(O)C(O)C1NC(C)=O)C(=O)CCCCCCCCC(=O)Nc1cc(CC)cc(CO)c1. The molecule has 3 aliphatic rings. The number of hydrogen-bond donors (Lipinski definition) is 16. The standard InChI is InChI=1S/C55H92N2O15.2C10H19NO7/c1-5-18-45(61)20-14-26-55(27-15-21-46(62)19-6-2,49(64)24-12-10-8-9-11-13-25-50(65)57-44-37-42(7-3)36-43(38-44)39-58)28-16-22-47(63)23-17-29-68-30-31-69-32-33-70-34-35-71-54-51(56-41(4)60)53(67)52(66)48(40-59)72-54;2*1-5(14)11-7-9(16)8(15)6(4-13)18-10(7)17-3-2-12/h36-38,48,51-54,58-59,66-67H,5-35,39-40H2,1-4H3,(H,56,60)(H,57,65);2*6-10,12-13,15-16H,2-4H2,1H3,(H,11,14). The fourth-order valence-electron chi connectivity index (χ4n) is 12.8. The molecule has 4 amide bonds. The number of carbonyl (C=O) groups is 8. The highest BCUT2D eigenvalue weighted by Crippen LogP contribution is 2.40. The Morgan fingerprint density at radius 3 is 1.12 bits per heavy atom. The average molecular weight is 1550 g/mol. The summed E-state index contributed by atoms with van der Waals surface area (Å²) in [6.07, 6.45) is 0.646. The van der Waals surface area contributed by atoms with Gasteiger partial charge in [0.1, 0.15) is 96.2 Å². The van der Waals surface area contributed by atoms with E-state index in [0.29, 0.717) is 128 Å². The lowest BCUT2D eigenvalue weighted by molar-refractivity contribution is -0.272. The second kappa shape index (κ2) is 57.9. The highest BCUT2D eigenvalue weighted by Gasteiger charge is 2.48. The third-order valence-electron chi connectivity index (χ3n) is 18.5. The van der Waals surface area contributed by atoms with Gasteiger partial charge in [-0.15, -0.1) is 0 Å². The van der Waals surface area contributed by atoms with Crippen molar-refractivity contribution in [2.24, 2.45) is 5.41 Å². The quantitative estimate of drug-likeness (QED) is 0.0402. The third-order valence-corrected chi connectivity index (χ3v) is 18.5. The molecule has 1 aromatic carbocycles. The van der Waals surface area contributed by atoms with Crippen LogP contribution in [-0.2, 0) is 94.0 Å². The number of anilines is 1. The summed E-state index contributed by atoms with van der Waals surface area (Å²) in [5.41, 5.74) is 1.85. The molecule has 16 N–H and O–H groups in total. The molecule has 3 saturated heterocycles. The summed E-state index contributed by atoms with van der Waals surface area (Å²) in [7, 11) is 0. The van der Waals surface area contributed by atoms with Crippen LogP contribution in [0, 0.1) is 5.41 Å². The van der Waals surface area contributed by atoms with Crippen molar-refractivity contribution in [3.63, 3.8) is 0 Å². The Bertz CT molecular complexity index is 2580. The predicted octanol–water partition coefficient (Wildman–Crippen LogP) is 0.843. The van der Waals surface area contributed by atoms with E-state index in [9.17, 15) is 79.2 Å². The number of aliphatic hydroxyl groups is 12. The molecule has 3 aliphatic heterocycles. The molecule has 0 aromatic heterocycles. The molecule has 15 unspecified atom stereocenters. The maximum absolute atomic E-state index is 14.3. The normalized spacial score (nSPS) is 24.1. The lowest BCUT2D eigenvalue weighted by atomic mass is 9.69. The number of carbonyl (C=O) groups excluding carboxylic acids is 8. The van der Waals surface area contributed by atoms with Crippen molar-refractivity contribution in [2.45, 2.75) is 294 Å². The topological polar surface area (TPSA) is 511 Å². The van der Waals surface area contributed by atoms with Gasteiger partial charge in [-0.25, -0.2) is 0 Å². The Labute approximate surface area is 635 Å². The van der Waals surface area contributed by atoms with Crippen LogP contribution in [0.5, 0.6) is 0 Å². The number of aryl methyl sites for hydroxylation is 1. The van der Waals surface area contributed by atoms with E-state index < -0.39 is 135 Å². The summed E-state index contributed by atoms with van der Waals surface area (Å²) in [6, 6.07) is 2.72. The molecule has 4 rings (SSSR count). The molecule has 33 nitrogen and oxygen atoms in total. The first kappa shape index (κ1) is 99.0. The van der Waals surface area contributed by atoms with E-state index in [2.05, 4.69) is 21.3 Å². The minimum Gasteiger partial charge on any atom is -0.394 e. The highest BCUT2D eigenvalue weighted by molar-refractivity contribution is 5.91. The van der Waals surface area contributed by atoms with Crippen molar-refractivity contribution < 1.29 is 142 Å². The van der Waals surface area contributed by atoms with Crippen LogP contribution in [0.3, 0.4) is 0 Å². The first-order valence-electron chi connectivity index (χ1n) is 38.3. The van der Waals surface area contributed by atoms with Crippen LogP contribution >= 0.6 is 0 Å². The van der Waals surface area contributed by atoms with Crippen LogP contribution in [0.15, 0.2) is 18.2 Å². The summed E-state index contributed by atoms with van der Waals surface area (Å²) in [5, 5.41) is 124. The number of benzene rings is 1. The van der Waals surface area contributed by atoms with Crippen LogP contribution in [0.1, 0.15) is 200 Å². The maximum atomic E-state index is 14.3. The summed E-state index contributed by atoms with van der Waals surface area (Å²) in [6.45, 7) is 9.41. The van der Waals surface area contributed by atoms with Gasteiger partial charge in [0.15, 0.2) is 18.9 Å². The zero-order chi connectivity index (χ0) is 80.4. The Morgan fingerprint density at radius 1 is 0.398 bits per heavy atom. The van der Waals surface area contributed by atoms with Crippen LogP contribution in [0.2, 0.25) is 0 Å². The second-order valence-electron chi connectivity index (χ2n) is 27.4. The van der Waals surface area contributed by atoms with E-state index in [1.165, 1.54) is 20.8 Å². The van der Waals surface area contributed by atoms with Crippen LogP contribution < -0.4 is 21.3 Å². The Kier molecular flexibility index (Phi) is 53.1. The second-order valence-corrected chi connectivity index (χ2v) is 27.4. The average Bonchev–Trinajstić information content (AvgIpc) is 0.818. The van der Waals surface area contributed by atoms with Crippen molar-refractivity contribution >= 4 is 52.4 Å². The number of unbranched alkanes of at least 4 members (excludes halogenated alkanes) is 5. The van der Waals surface area contributed by atoms with Gasteiger partial charge in [-0.2, -0.15) is 0 Å². The zero-order valence-electron chi connectivity index (χ0n) is 64.3. The molecule has 624 valence electrons. The Morgan fingerprint density at radius 2 is 0.750 bits per heavy atom. The summed E-state index contributed by atoms with van der Waals surface area (Å²) in [4.78, 5) is 98.8. The van der Waals surface area contributed by atoms with Crippen molar-refractivity contribution in [2.75, 3.05) is 97.8 Å². The van der Waals surface area contributed by atoms with Gasteiger partial charge in [-0.05, 0) is 100 Å². The summed E-state index contributed by atoms with van der Waals surface area (Å²) < 4.78 is 48.6. The largest absolute Gasteiger partial charge is 0.394 e. The molecule has 1 aromatic rings. The van der Waals surface area contributed by atoms with E-state index in [0.717, 1.165) is 68.9 Å². The van der Waals surface area contributed by atoms with Gasteiger partial charge < -0.3 is 125 Å². The van der Waals surface area contributed by atoms with Crippen molar-refractivity contribution in [1.82, 2.24) is 16.0 Å². The monoisotopic (exact) mass is 1550 g/mol. The van der Waals surface area contributed by atoms with Crippen molar-refractivity contribution in [3.8, 4) is 0 Å². The lowest BCUT2D eigenvalue weighted by Crippen LogP contribution is -2.64. The summed E-state index contributed by atoms with van der Waals surface area (Å²) >= 11 is 0. The van der Waals surface area contributed by atoms with E-state index in [-0.39, 0.29) is 81.9 Å². The van der Waals surface area contributed by atoms with Crippen molar-refractivity contribution in [1.29, 1.82) is 0 Å². The smallest absolute Gasteiger partial charge is 0.224 e. The number of nitrogens with one attached hydrogen (secondary N) is 4. The Hall–Kier alpha value is -5.06. The molecule has 108 heavy (non-hydrogen) atoms. The number of hydrogen-bond acceptors (Lipinski definition) is 29. The number of Topliss-reactive ketones (excluding diaryl/α,β-unsaturated/α-hetero) is 4. The molecule has 0 bridgehead atoms. The first-order chi connectivity index (χ1) is 51.7. The molecule has 3 fully saturated rings. The van der Waals surface area contributed by atoms with E-state index in [1.807, 2.05) is 32.9 Å². The van der Waals surface area contributed by atoms with Gasteiger partial charge in [-0.1, -0.05) is 52.5 Å². The van der Waals surface area contributed by atoms with Crippen molar-refractivity contribution in [3.05, 3.63) is 29.3 Å². The third kappa shape index (κ3) is 38.9. The highest BCUT2D eigenvalue weighted by atomic mass is 16.7. The number of aliphatic hydroxyl groups excluding tert-OH is 12. The number of ketones is 4. The predicted molar refractivity (Wildman–Crippen MR) is 391 cm³/mol. The molecular formula is C75H130N4O29.